The average Bonchev–Trinajstić information content (AvgIpc) is 3.50. The molecule has 5 aromatic rings. The van der Waals surface area contributed by atoms with Gasteiger partial charge in [0.05, 0.1) is 22.6 Å². The number of furan rings is 1. The number of imidazole rings is 1. The number of carboxylic acid groups (broad SMARTS) is 1. The van der Waals surface area contributed by atoms with E-state index in [2.05, 4.69) is 14.5 Å². The molecule has 0 aliphatic heterocycles. The molecule has 0 spiro atoms. The second-order valence-corrected chi connectivity index (χ2v) is 12.5. The largest absolute Gasteiger partial charge is 0.481 e. The number of allylic oxidation sites excluding steroid dienone is 2. The van der Waals surface area contributed by atoms with Crippen LogP contribution in [0.1, 0.15) is 88.2 Å². The lowest BCUT2D eigenvalue weighted by Crippen LogP contribution is -2.34. The summed E-state index contributed by atoms with van der Waals surface area (Å²) in [7, 11) is 0. The summed E-state index contributed by atoms with van der Waals surface area (Å²) >= 11 is 0. The number of nitrogens with zero attached hydrogens (tertiary/aromatic N) is 4. The lowest BCUT2D eigenvalue weighted by atomic mass is 9.78. The summed E-state index contributed by atoms with van der Waals surface area (Å²) in [6, 6.07) is 15.3. The van der Waals surface area contributed by atoms with E-state index in [1.807, 2.05) is 24.3 Å². The number of ketones is 1. The fraction of sp³-hybridized carbons (Fsp3) is 0.400. The zero-order valence-corrected chi connectivity index (χ0v) is 25.4. The molecular formula is C35H34F2N4O5. The van der Waals surface area contributed by atoms with Crippen LogP contribution in [0.5, 0.6) is 6.01 Å². The average molecular weight is 629 g/mol. The Morgan fingerprint density at radius 2 is 1.83 bits per heavy atom. The van der Waals surface area contributed by atoms with Crippen LogP contribution in [-0.4, -0.2) is 42.5 Å². The van der Waals surface area contributed by atoms with Crippen molar-refractivity contribution in [3.63, 3.8) is 0 Å². The van der Waals surface area contributed by atoms with Gasteiger partial charge in [-0.25, -0.2) is 18.7 Å². The van der Waals surface area contributed by atoms with Crippen LogP contribution in [0.15, 0.2) is 64.6 Å². The van der Waals surface area contributed by atoms with Gasteiger partial charge in [-0.15, -0.1) is 0 Å². The second kappa shape index (κ2) is 12.3. The van der Waals surface area contributed by atoms with E-state index < -0.39 is 36.2 Å². The van der Waals surface area contributed by atoms with Crippen molar-refractivity contribution in [1.82, 2.24) is 19.5 Å². The van der Waals surface area contributed by atoms with Gasteiger partial charge < -0.3 is 14.3 Å². The summed E-state index contributed by atoms with van der Waals surface area (Å²) in [5, 5.41) is 10.8. The van der Waals surface area contributed by atoms with E-state index in [9.17, 15) is 23.5 Å². The van der Waals surface area contributed by atoms with Crippen LogP contribution < -0.4 is 4.74 Å². The first-order valence-corrected chi connectivity index (χ1v) is 15.8. The molecule has 2 fully saturated rings. The highest BCUT2D eigenvalue weighted by atomic mass is 19.3. The number of halogens is 2. The van der Waals surface area contributed by atoms with Gasteiger partial charge in [0.2, 0.25) is 0 Å². The van der Waals surface area contributed by atoms with Crippen molar-refractivity contribution >= 4 is 44.9 Å². The van der Waals surface area contributed by atoms with Gasteiger partial charge in [-0.3, -0.25) is 14.2 Å². The third-order valence-electron chi connectivity index (χ3n) is 9.30. The number of benzene rings is 2. The molecule has 4 atom stereocenters. The van der Waals surface area contributed by atoms with Crippen LogP contribution >= 0.6 is 0 Å². The van der Waals surface area contributed by atoms with Crippen LogP contribution in [-0.2, 0) is 9.59 Å². The van der Waals surface area contributed by atoms with Gasteiger partial charge in [-0.1, -0.05) is 29.8 Å². The second-order valence-electron chi connectivity index (χ2n) is 12.5. The number of aromatic nitrogens is 4. The van der Waals surface area contributed by atoms with Crippen molar-refractivity contribution in [3.05, 3.63) is 71.7 Å². The van der Waals surface area contributed by atoms with E-state index in [4.69, 9.17) is 14.1 Å². The number of hydrogen-bond acceptors (Lipinski definition) is 7. The highest BCUT2D eigenvalue weighted by Gasteiger charge is 2.38. The monoisotopic (exact) mass is 628 g/mol. The fourth-order valence-corrected chi connectivity index (χ4v) is 7.28. The van der Waals surface area contributed by atoms with Crippen molar-refractivity contribution in [2.75, 3.05) is 0 Å². The Hall–Kier alpha value is -4.67. The fourth-order valence-electron chi connectivity index (χ4n) is 7.28. The summed E-state index contributed by atoms with van der Waals surface area (Å²) in [4.78, 5) is 37.4. The SMILES string of the molecule is CC(=O)C=C1CCCC(n2c(O[C@@H]3CC(c4nc(C(F)F)nc5c4oc4ccccc45)C[C@H](C(=O)O)C3)nc3ccccc32)CC1. The quantitative estimate of drug-likeness (QED) is 0.142. The molecule has 0 bridgehead atoms. The first-order chi connectivity index (χ1) is 22.2. The Bertz CT molecular complexity index is 1980. The maximum Gasteiger partial charge on any atom is 0.306 e. The molecule has 11 heteroatoms. The van der Waals surface area contributed by atoms with E-state index in [0.29, 0.717) is 34.5 Å². The van der Waals surface area contributed by atoms with E-state index >= 15 is 0 Å². The number of carbonyl (C=O) groups is 2. The van der Waals surface area contributed by atoms with Crippen LogP contribution in [0, 0.1) is 5.92 Å². The summed E-state index contributed by atoms with van der Waals surface area (Å²) in [6.07, 6.45) is 3.28. The van der Waals surface area contributed by atoms with Gasteiger partial charge >= 0.3 is 5.97 Å². The molecule has 0 amide bonds. The molecule has 7 rings (SSSR count). The number of carbonyl (C=O) groups excluding carboxylic acids is 1. The van der Waals surface area contributed by atoms with Crippen molar-refractivity contribution < 1.29 is 32.6 Å². The standard InChI is InChI=1S/C35H34F2N4O5/c1-19(42)15-20-7-6-8-23(14-13-20)41-27-11-4-3-10-26(27)38-35(41)45-24-17-21(16-22(18-24)34(43)44)29-31-30(40-33(39-29)32(36)37)25-9-2-5-12-28(25)46-31/h2-5,9-12,15,21-24,32H,6-8,13-14,16-18H2,1H3,(H,43,44)/t21?,22-,23?,24+/m0/s1. The Balaban J connectivity index is 1.25. The third kappa shape index (κ3) is 5.74. The zero-order chi connectivity index (χ0) is 31.9. The lowest BCUT2D eigenvalue weighted by molar-refractivity contribution is -0.144. The number of ether oxygens (including phenoxy) is 1. The maximum atomic E-state index is 14.0. The number of para-hydroxylation sites is 3. The molecule has 3 heterocycles. The van der Waals surface area contributed by atoms with Crippen LogP contribution in [0.3, 0.4) is 0 Å². The number of carboxylic acids is 1. The summed E-state index contributed by atoms with van der Waals surface area (Å²) < 4.78 is 43.0. The number of alkyl halides is 2. The van der Waals surface area contributed by atoms with E-state index in [1.54, 1.807) is 37.3 Å². The van der Waals surface area contributed by atoms with E-state index in [1.165, 1.54) is 0 Å². The molecule has 3 aromatic heterocycles. The Kier molecular flexibility index (Phi) is 8.00. The highest BCUT2D eigenvalue weighted by Crippen LogP contribution is 2.43. The molecule has 2 aromatic carbocycles. The Labute approximate surface area is 263 Å². The first kappa shape index (κ1) is 30.0. The number of hydrogen-bond donors (Lipinski definition) is 1. The van der Waals surface area contributed by atoms with Crippen molar-refractivity contribution in [2.24, 2.45) is 5.92 Å². The molecule has 2 aliphatic carbocycles. The normalized spacial score (nSPS) is 23.3. The summed E-state index contributed by atoms with van der Waals surface area (Å²) in [5.74, 6) is -2.86. The molecule has 46 heavy (non-hydrogen) atoms. The molecule has 238 valence electrons. The van der Waals surface area contributed by atoms with Gasteiger partial charge in [-0.2, -0.15) is 4.98 Å². The topological polar surface area (TPSA) is 120 Å². The molecule has 9 nitrogen and oxygen atoms in total. The number of aliphatic carboxylic acids is 1. The van der Waals surface area contributed by atoms with Crippen LogP contribution in [0.4, 0.5) is 8.78 Å². The predicted octanol–water partition coefficient (Wildman–Crippen LogP) is 8.10. The molecule has 2 saturated carbocycles. The van der Waals surface area contributed by atoms with Gasteiger partial charge in [0.15, 0.2) is 17.2 Å². The molecule has 0 radical (unpaired) electrons. The van der Waals surface area contributed by atoms with Gasteiger partial charge in [-0.05, 0) is 88.6 Å². The van der Waals surface area contributed by atoms with Gasteiger partial charge in [0, 0.05) is 17.3 Å². The van der Waals surface area contributed by atoms with Crippen molar-refractivity contribution in [1.29, 1.82) is 0 Å². The maximum absolute atomic E-state index is 14.0. The van der Waals surface area contributed by atoms with Gasteiger partial charge in [0.25, 0.3) is 12.4 Å². The van der Waals surface area contributed by atoms with Crippen molar-refractivity contribution in [3.8, 4) is 6.01 Å². The number of fused-ring (bicyclic) bond motifs is 4. The molecule has 2 aliphatic rings. The smallest absolute Gasteiger partial charge is 0.306 e. The zero-order valence-electron chi connectivity index (χ0n) is 25.4. The van der Waals surface area contributed by atoms with Crippen molar-refractivity contribution in [2.45, 2.75) is 82.8 Å². The predicted molar refractivity (Wildman–Crippen MR) is 167 cm³/mol. The minimum atomic E-state index is -2.91. The molecular weight excluding hydrogens is 594 g/mol. The number of rotatable bonds is 7. The van der Waals surface area contributed by atoms with E-state index in [-0.39, 0.29) is 30.4 Å². The summed E-state index contributed by atoms with van der Waals surface area (Å²) in [6.45, 7) is 1.57. The first-order valence-electron chi connectivity index (χ1n) is 15.8. The highest BCUT2D eigenvalue weighted by molar-refractivity contribution is 6.03. The third-order valence-corrected chi connectivity index (χ3v) is 9.30. The minimum absolute atomic E-state index is 0.0506. The molecule has 1 N–H and O–H groups in total. The lowest BCUT2D eigenvalue weighted by Gasteiger charge is -2.33. The molecule has 0 saturated heterocycles. The summed E-state index contributed by atoms with van der Waals surface area (Å²) in [5.41, 5.74) is 4.19. The Morgan fingerprint density at radius 1 is 1.02 bits per heavy atom. The van der Waals surface area contributed by atoms with E-state index in [0.717, 1.165) is 48.7 Å². The molecule has 2 unspecified atom stereocenters. The van der Waals surface area contributed by atoms with Gasteiger partial charge in [0.1, 0.15) is 17.2 Å². The van der Waals surface area contributed by atoms with Crippen LogP contribution in [0.2, 0.25) is 0 Å². The van der Waals surface area contributed by atoms with Crippen LogP contribution in [0.25, 0.3) is 33.1 Å². The Morgan fingerprint density at radius 3 is 2.63 bits per heavy atom. The minimum Gasteiger partial charge on any atom is -0.481 e.